The van der Waals surface area contributed by atoms with Crippen LogP contribution in [0.4, 0.5) is 0 Å². The molecule has 0 aliphatic heterocycles. The van der Waals surface area contributed by atoms with E-state index >= 15 is 0 Å². The summed E-state index contributed by atoms with van der Waals surface area (Å²) < 4.78 is 11.8. The second-order valence-corrected chi connectivity index (χ2v) is 14.0. The summed E-state index contributed by atoms with van der Waals surface area (Å²) in [6, 6.07) is 0.634. The Balaban J connectivity index is -0.00000184. The number of ketones is 1. The van der Waals surface area contributed by atoms with Crippen molar-refractivity contribution < 1.29 is 29.0 Å². The van der Waals surface area contributed by atoms with Gasteiger partial charge in [-0.05, 0) is 65.3 Å². The number of ether oxygens (including phenoxy) is 2. The van der Waals surface area contributed by atoms with Gasteiger partial charge in [0.15, 0.2) is 0 Å². The smallest absolute Gasteiger partial charge is 0.222 e. The molecule has 9 nitrogen and oxygen atoms in total. The number of carbonyl (C=O) groups excluding carboxylic acids is 3. The molecule has 41 heavy (non-hydrogen) atoms. The van der Waals surface area contributed by atoms with Crippen molar-refractivity contribution in [3.05, 3.63) is 0 Å². The van der Waals surface area contributed by atoms with Crippen LogP contribution in [0.5, 0.6) is 0 Å². The average molecular weight is 590 g/mol. The first-order valence-electron chi connectivity index (χ1n) is 15.1. The number of aliphatic hydroxyl groups is 1. The zero-order valence-corrected chi connectivity index (χ0v) is 29.5. The molecule has 2 amide bonds. The predicted molar refractivity (Wildman–Crippen MR) is 169 cm³/mol. The number of Topliss-reactive ketones (excluding diaryl/α,β-unsaturated/α-hetero) is 1. The molecule has 0 aromatic rings. The van der Waals surface area contributed by atoms with E-state index in [2.05, 4.69) is 29.8 Å². The molecule has 0 radical (unpaired) electrons. The van der Waals surface area contributed by atoms with E-state index < -0.39 is 22.3 Å². The Morgan fingerprint density at radius 3 is 1.49 bits per heavy atom. The van der Waals surface area contributed by atoms with Crippen molar-refractivity contribution in [2.24, 2.45) is 16.2 Å². The zero-order chi connectivity index (χ0) is 33.3. The number of rotatable bonds is 17. The molecule has 0 unspecified atom stereocenters. The summed E-state index contributed by atoms with van der Waals surface area (Å²) in [4.78, 5) is 36.8. The van der Waals surface area contributed by atoms with Gasteiger partial charge < -0.3 is 30.5 Å². The maximum atomic E-state index is 12.7. The van der Waals surface area contributed by atoms with Gasteiger partial charge >= 0.3 is 0 Å². The second-order valence-electron chi connectivity index (χ2n) is 14.0. The van der Waals surface area contributed by atoms with E-state index in [4.69, 9.17) is 14.6 Å². The fraction of sp³-hybridized carbons (Fsp3) is 0.906. The summed E-state index contributed by atoms with van der Waals surface area (Å²) in [7, 11) is 1.95. The normalized spacial score (nSPS) is 12.5. The van der Waals surface area contributed by atoms with Gasteiger partial charge in [0.05, 0.1) is 13.2 Å². The lowest BCUT2D eigenvalue weighted by Gasteiger charge is -2.34. The minimum atomic E-state index is -0.897. The van der Waals surface area contributed by atoms with E-state index in [-0.39, 0.29) is 49.1 Å². The van der Waals surface area contributed by atoms with Crippen molar-refractivity contribution in [3.8, 4) is 0 Å². The third kappa shape index (κ3) is 24.7. The molecule has 0 saturated heterocycles. The number of aliphatic hydroxyl groups excluding tert-OH is 1. The second kappa shape index (κ2) is 19.6. The van der Waals surface area contributed by atoms with Crippen molar-refractivity contribution in [2.45, 2.75) is 147 Å². The van der Waals surface area contributed by atoms with Crippen molar-refractivity contribution >= 4 is 17.6 Å². The third-order valence-electron chi connectivity index (χ3n) is 6.49. The summed E-state index contributed by atoms with van der Waals surface area (Å²) in [5.74, 6) is -0.212. The maximum Gasteiger partial charge on any atom is 0.222 e. The van der Waals surface area contributed by atoms with Crippen LogP contribution in [0.2, 0.25) is 0 Å². The number of hydrogen-bond donors (Lipinski definition) is 4. The summed E-state index contributed by atoms with van der Waals surface area (Å²) in [6.45, 7) is 29.1. The van der Waals surface area contributed by atoms with Gasteiger partial charge in [-0.3, -0.25) is 14.4 Å². The topological polar surface area (TPSA) is 126 Å². The van der Waals surface area contributed by atoms with Gasteiger partial charge in [-0.25, -0.2) is 0 Å². The van der Waals surface area contributed by atoms with Gasteiger partial charge in [0.25, 0.3) is 0 Å². The molecule has 0 bridgehead atoms. The van der Waals surface area contributed by atoms with Crippen molar-refractivity contribution in [3.63, 3.8) is 0 Å². The largest absolute Gasteiger partial charge is 0.396 e. The van der Waals surface area contributed by atoms with E-state index in [1.807, 2.05) is 62.4 Å². The minimum Gasteiger partial charge on any atom is -0.396 e. The minimum absolute atomic E-state index is 0.0364. The van der Waals surface area contributed by atoms with Crippen LogP contribution in [0.15, 0.2) is 0 Å². The molecule has 9 heteroatoms. The van der Waals surface area contributed by atoms with Crippen molar-refractivity contribution in [2.75, 3.05) is 26.9 Å². The SMILES string of the molecule is CC.CC(=O)C(C)(C)CCOC(C)(C)NC(=O)CC(C)(C)COC(C)(C)NC(=O)CC(C)(C)CCO.CNC(C)C. The van der Waals surface area contributed by atoms with E-state index in [9.17, 15) is 14.4 Å². The Morgan fingerprint density at radius 1 is 0.732 bits per heavy atom. The van der Waals surface area contributed by atoms with Crippen LogP contribution >= 0.6 is 0 Å². The Morgan fingerprint density at radius 2 is 1.12 bits per heavy atom. The monoisotopic (exact) mass is 590 g/mol. The molecule has 0 aliphatic carbocycles. The first-order valence-corrected chi connectivity index (χ1v) is 15.1. The van der Waals surface area contributed by atoms with Crippen molar-refractivity contribution in [1.29, 1.82) is 0 Å². The highest BCUT2D eigenvalue weighted by molar-refractivity contribution is 5.81. The van der Waals surface area contributed by atoms with Gasteiger partial charge in [0.2, 0.25) is 11.8 Å². The number of amides is 2. The molecule has 0 aromatic carbocycles. The molecule has 0 aromatic heterocycles. The molecule has 246 valence electrons. The molecule has 0 heterocycles. The van der Waals surface area contributed by atoms with Gasteiger partial charge in [0.1, 0.15) is 17.2 Å². The lowest BCUT2D eigenvalue weighted by Crippen LogP contribution is -2.49. The van der Waals surface area contributed by atoms with Gasteiger partial charge in [-0.1, -0.05) is 69.2 Å². The fourth-order valence-corrected chi connectivity index (χ4v) is 3.26. The Labute approximate surface area is 252 Å². The standard InChI is InChI=1S/C26H50N2O6.C4H11N.C2H6/c1-19(30)24(6,7)13-15-33-25(8,9)27-21(32)17-23(4,5)18-34-26(10,11)28-20(31)16-22(2,3)12-14-29;1-4(2)5-3;1-2/h29H,12-18H2,1-11H3,(H,27,32)(H,28,31);4-5H,1-3H3;1-2H3. The van der Waals surface area contributed by atoms with Crippen LogP contribution in [0.1, 0.15) is 130 Å². The lowest BCUT2D eigenvalue weighted by molar-refractivity contribution is -0.142. The van der Waals surface area contributed by atoms with E-state index in [1.54, 1.807) is 34.6 Å². The molecule has 4 N–H and O–H groups in total. The lowest BCUT2D eigenvalue weighted by atomic mass is 9.85. The average Bonchev–Trinajstić information content (AvgIpc) is 2.77. The van der Waals surface area contributed by atoms with E-state index in [1.165, 1.54) is 0 Å². The van der Waals surface area contributed by atoms with Gasteiger partial charge in [0, 0.05) is 30.9 Å². The Bertz CT molecular complexity index is 759. The van der Waals surface area contributed by atoms with E-state index in [0.29, 0.717) is 25.5 Å². The molecule has 0 atom stereocenters. The third-order valence-corrected chi connectivity index (χ3v) is 6.49. The molecular weight excluding hydrogens is 522 g/mol. The van der Waals surface area contributed by atoms with Crippen LogP contribution < -0.4 is 16.0 Å². The first-order chi connectivity index (χ1) is 18.4. The van der Waals surface area contributed by atoms with Crippen molar-refractivity contribution in [1.82, 2.24) is 16.0 Å². The predicted octanol–water partition coefficient (Wildman–Crippen LogP) is 5.58. The van der Waals surface area contributed by atoms with Gasteiger partial charge in [-0.15, -0.1) is 0 Å². The number of hydrogen-bond acceptors (Lipinski definition) is 7. The highest BCUT2D eigenvalue weighted by atomic mass is 16.5. The summed E-state index contributed by atoms with van der Waals surface area (Å²) >= 11 is 0. The highest BCUT2D eigenvalue weighted by Crippen LogP contribution is 2.27. The molecular formula is C32H67N3O6. The van der Waals surface area contributed by atoms with Gasteiger partial charge in [-0.2, -0.15) is 0 Å². The maximum absolute atomic E-state index is 12.7. The van der Waals surface area contributed by atoms with Crippen LogP contribution in [0, 0.1) is 16.2 Å². The quantitative estimate of drug-likeness (QED) is 0.163. The Kier molecular flexibility index (Phi) is 21.0. The van der Waals surface area contributed by atoms with Crippen LogP contribution in [-0.4, -0.2) is 67.1 Å². The summed E-state index contributed by atoms with van der Waals surface area (Å²) in [5.41, 5.74) is -3.00. The van der Waals surface area contributed by atoms with Crippen LogP contribution in [0.3, 0.4) is 0 Å². The first kappa shape index (κ1) is 43.9. The van der Waals surface area contributed by atoms with Crippen LogP contribution in [-0.2, 0) is 23.9 Å². The molecule has 0 fully saturated rings. The molecule has 0 saturated carbocycles. The summed E-state index contributed by atoms with van der Waals surface area (Å²) in [6.07, 6.45) is 1.61. The summed E-state index contributed by atoms with van der Waals surface area (Å²) in [5, 5.41) is 18.0. The zero-order valence-electron chi connectivity index (χ0n) is 29.5. The van der Waals surface area contributed by atoms with E-state index in [0.717, 1.165) is 0 Å². The van der Waals surface area contributed by atoms with Crippen LogP contribution in [0.25, 0.3) is 0 Å². The number of carbonyl (C=O) groups is 3. The Hall–Kier alpha value is -1.55. The molecule has 0 rings (SSSR count). The number of nitrogens with one attached hydrogen (secondary N) is 3. The molecule has 0 aliphatic rings. The highest BCUT2D eigenvalue weighted by Gasteiger charge is 2.32. The fourth-order valence-electron chi connectivity index (χ4n) is 3.26. The molecule has 0 spiro atoms.